The van der Waals surface area contributed by atoms with Crippen molar-refractivity contribution in [3.63, 3.8) is 0 Å². The number of phenols is 1. The Morgan fingerprint density at radius 1 is 0.848 bits per heavy atom. The molecule has 33 heavy (non-hydrogen) atoms. The second-order valence-electron chi connectivity index (χ2n) is 8.85. The maximum Gasteiger partial charge on any atom is 0.230 e. The number of para-hydroxylation sites is 2. The molecular weight excluding hydrogens is 591 g/mol. The molecule has 0 aliphatic carbocycles. The summed E-state index contributed by atoms with van der Waals surface area (Å²) in [5, 5.41) is 10.3. The number of aromatic hydroxyl groups is 1. The second kappa shape index (κ2) is 8.96. The van der Waals surface area contributed by atoms with Gasteiger partial charge >= 0.3 is 0 Å². The van der Waals surface area contributed by atoms with Crippen molar-refractivity contribution in [2.24, 2.45) is 0 Å². The van der Waals surface area contributed by atoms with Crippen LogP contribution in [-0.4, -0.2) is 15.1 Å². The minimum atomic E-state index is -0.0495. The van der Waals surface area contributed by atoms with Gasteiger partial charge < -0.3 is 9.52 Å². The number of pyridine rings is 1. The Bertz CT molecular complexity index is 1420. The van der Waals surface area contributed by atoms with Gasteiger partial charge in [-0.1, -0.05) is 68.3 Å². The monoisotopic (exact) mass is 614 g/mol. The molecule has 0 fully saturated rings. The number of fused-ring (bicyclic) bond motifs is 1. The van der Waals surface area contributed by atoms with Gasteiger partial charge in [-0.25, -0.2) is 4.98 Å². The normalized spacial score (nSPS) is 11.4. The van der Waals surface area contributed by atoms with Crippen LogP contribution in [-0.2, 0) is 26.5 Å². The van der Waals surface area contributed by atoms with Crippen molar-refractivity contribution < 1.29 is 30.6 Å². The zero-order valence-corrected chi connectivity index (χ0v) is 20.8. The molecule has 4 nitrogen and oxygen atoms in total. The largest absolute Gasteiger partial charge is 0.507 e. The van der Waals surface area contributed by atoms with E-state index in [1.165, 1.54) is 5.56 Å². The van der Waals surface area contributed by atoms with Gasteiger partial charge in [0, 0.05) is 33.0 Å². The van der Waals surface area contributed by atoms with Gasteiger partial charge in [-0.3, -0.25) is 4.98 Å². The van der Waals surface area contributed by atoms with E-state index in [2.05, 4.69) is 44.0 Å². The number of oxazole rings is 1. The first-order valence-electron chi connectivity index (χ1n) is 10.6. The molecule has 0 amide bonds. The molecule has 0 saturated heterocycles. The van der Waals surface area contributed by atoms with E-state index in [1.54, 1.807) is 24.4 Å². The molecule has 0 aliphatic rings. The van der Waals surface area contributed by atoms with Crippen molar-refractivity contribution in [1.29, 1.82) is 0 Å². The standard InChI is InChI=1S/C28H23N2O2.Pt/c1-28(2,3)20-16-18(15-19(17-20)23-11-6-7-14-29-23)21-10-8-13-25-26(21)30-27(32-25)22-9-4-5-12-24(22)31;/h4-14,16-17,31H,1-3H3;/q-1;. The maximum absolute atomic E-state index is 10.3. The van der Waals surface area contributed by atoms with E-state index in [1.807, 2.05) is 42.5 Å². The van der Waals surface area contributed by atoms with E-state index in [-0.39, 0.29) is 32.2 Å². The Labute approximate surface area is 207 Å². The van der Waals surface area contributed by atoms with E-state index in [0.717, 1.165) is 27.9 Å². The third-order valence-electron chi connectivity index (χ3n) is 5.52. The maximum atomic E-state index is 10.3. The van der Waals surface area contributed by atoms with Crippen LogP contribution in [0.1, 0.15) is 26.3 Å². The SMILES string of the molecule is CC(C)(C)c1cc(-c2ccccn2)[c-]c(-c2cccc3oc(-c4ccccc4O)nc23)c1.[Pt]. The molecule has 3 aromatic carbocycles. The van der Waals surface area contributed by atoms with Crippen LogP contribution in [0.2, 0.25) is 0 Å². The van der Waals surface area contributed by atoms with Crippen LogP contribution in [0.5, 0.6) is 5.75 Å². The molecule has 5 aromatic rings. The summed E-state index contributed by atoms with van der Waals surface area (Å²) in [7, 11) is 0. The summed E-state index contributed by atoms with van der Waals surface area (Å²) >= 11 is 0. The molecule has 5 rings (SSSR count). The van der Waals surface area contributed by atoms with Crippen LogP contribution in [0.4, 0.5) is 0 Å². The predicted molar refractivity (Wildman–Crippen MR) is 127 cm³/mol. The van der Waals surface area contributed by atoms with Gasteiger partial charge in [0.2, 0.25) is 5.89 Å². The fourth-order valence-electron chi connectivity index (χ4n) is 3.74. The zero-order chi connectivity index (χ0) is 22.3. The summed E-state index contributed by atoms with van der Waals surface area (Å²) in [5.41, 5.74) is 6.78. The first kappa shape index (κ1) is 22.9. The minimum absolute atomic E-state index is 0. The first-order valence-corrected chi connectivity index (χ1v) is 10.6. The number of nitrogens with zero attached hydrogens (tertiary/aromatic N) is 2. The Morgan fingerprint density at radius 2 is 1.58 bits per heavy atom. The summed E-state index contributed by atoms with van der Waals surface area (Å²) < 4.78 is 6.01. The van der Waals surface area contributed by atoms with Crippen molar-refractivity contribution in [3.8, 4) is 39.6 Å². The Balaban J connectivity index is 0.00000259. The average molecular weight is 615 g/mol. The number of aromatic nitrogens is 2. The van der Waals surface area contributed by atoms with Gasteiger partial charge in [-0.2, -0.15) is 0 Å². The van der Waals surface area contributed by atoms with E-state index < -0.39 is 0 Å². The topological polar surface area (TPSA) is 59.2 Å². The van der Waals surface area contributed by atoms with Gasteiger partial charge in [0.1, 0.15) is 11.3 Å². The van der Waals surface area contributed by atoms with E-state index in [9.17, 15) is 5.11 Å². The smallest absolute Gasteiger partial charge is 0.230 e. The molecule has 0 saturated carbocycles. The molecule has 1 N–H and O–H groups in total. The molecule has 168 valence electrons. The number of phenolic OH excluding ortho intramolecular Hbond substituents is 1. The molecule has 0 radical (unpaired) electrons. The number of hydrogen-bond acceptors (Lipinski definition) is 4. The summed E-state index contributed by atoms with van der Waals surface area (Å²) in [5.74, 6) is 0.529. The van der Waals surface area contributed by atoms with E-state index in [4.69, 9.17) is 9.40 Å². The Kier molecular flexibility index (Phi) is 6.23. The third-order valence-corrected chi connectivity index (χ3v) is 5.52. The van der Waals surface area contributed by atoms with Gasteiger partial charge in [0.25, 0.3) is 0 Å². The molecule has 2 heterocycles. The van der Waals surface area contributed by atoms with Crippen molar-refractivity contribution >= 4 is 11.1 Å². The minimum Gasteiger partial charge on any atom is -0.507 e. The van der Waals surface area contributed by atoms with Crippen LogP contribution >= 0.6 is 0 Å². The van der Waals surface area contributed by atoms with E-state index >= 15 is 0 Å². The fourth-order valence-corrected chi connectivity index (χ4v) is 3.74. The molecule has 0 bridgehead atoms. The van der Waals surface area contributed by atoms with Crippen LogP contribution in [0.3, 0.4) is 0 Å². The summed E-state index contributed by atoms with van der Waals surface area (Å²) in [6.07, 6.45) is 1.80. The summed E-state index contributed by atoms with van der Waals surface area (Å²) in [4.78, 5) is 9.28. The third kappa shape index (κ3) is 4.49. The van der Waals surface area contributed by atoms with Crippen LogP contribution in [0, 0.1) is 6.07 Å². The molecule has 0 aliphatic heterocycles. The molecule has 5 heteroatoms. The molecule has 0 spiro atoms. The quantitative estimate of drug-likeness (QED) is 0.222. The summed E-state index contributed by atoms with van der Waals surface area (Å²) in [6, 6.07) is 26.7. The van der Waals surface area contributed by atoms with Crippen LogP contribution in [0.25, 0.3) is 44.9 Å². The van der Waals surface area contributed by atoms with Crippen LogP contribution < -0.4 is 0 Å². The molecular formula is C28H23N2O2Pt-. The fraction of sp³-hybridized carbons (Fsp3) is 0.143. The van der Waals surface area contributed by atoms with Crippen molar-refractivity contribution in [2.75, 3.05) is 0 Å². The van der Waals surface area contributed by atoms with E-state index in [0.29, 0.717) is 17.0 Å². The summed E-state index contributed by atoms with van der Waals surface area (Å²) in [6.45, 7) is 6.59. The molecule has 2 aromatic heterocycles. The number of benzene rings is 3. The first-order chi connectivity index (χ1) is 15.4. The van der Waals surface area contributed by atoms with Gasteiger partial charge in [0.15, 0.2) is 0 Å². The van der Waals surface area contributed by atoms with Gasteiger partial charge in [0.05, 0.1) is 11.1 Å². The van der Waals surface area contributed by atoms with Crippen molar-refractivity contribution in [2.45, 2.75) is 26.2 Å². The Morgan fingerprint density at radius 3 is 2.30 bits per heavy atom. The number of rotatable bonds is 3. The van der Waals surface area contributed by atoms with Crippen LogP contribution in [0.15, 0.2) is 83.4 Å². The van der Waals surface area contributed by atoms with Gasteiger partial charge in [-0.15, -0.1) is 29.3 Å². The van der Waals surface area contributed by atoms with Crippen molar-refractivity contribution in [1.82, 2.24) is 9.97 Å². The predicted octanol–water partition coefficient (Wildman–Crippen LogP) is 7.02. The number of hydrogen-bond donors (Lipinski definition) is 1. The molecule has 0 atom stereocenters. The molecule has 0 unspecified atom stereocenters. The average Bonchev–Trinajstić information content (AvgIpc) is 3.23. The second-order valence-corrected chi connectivity index (χ2v) is 8.85. The Hall–Kier alpha value is -3.23. The zero-order valence-electron chi connectivity index (χ0n) is 18.6. The van der Waals surface area contributed by atoms with Crippen molar-refractivity contribution in [3.05, 3.63) is 90.6 Å². The van der Waals surface area contributed by atoms with Gasteiger partial charge in [-0.05, 0) is 29.7 Å².